The van der Waals surface area contributed by atoms with Crippen LogP contribution >= 0.6 is 0 Å². The van der Waals surface area contributed by atoms with Gasteiger partial charge in [0, 0.05) is 22.9 Å². The van der Waals surface area contributed by atoms with Crippen molar-refractivity contribution in [2.45, 2.75) is 30.5 Å². The number of nitrogens with zero attached hydrogens (tertiary/aromatic N) is 8. The molecule has 0 aromatic heterocycles. The van der Waals surface area contributed by atoms with Crippen molar-refractivity contribution in [1.29, 1.82) is 0 Å². The molecule has 0 saturated carbocycles. The maximum Gasteiger partial charge on any atom is 0.355 e. The van der Waals surface area contributed by atoms with Crippen LogP contribution in [0.2, 0.25) is 0 Å². The van der Waals surface area contributed by atoms with E-state index in [2.05, 4.69) is 35.8 Å². The lowest BCUT2D eigenvalue weighted by Gasteiger charge is -2.13. The molecule has 0 bridgehead atoms. The molecular formula is C40H32N8O22S5. The zero-order valence-electron chi connectivity index (χ0n) is 36.9. The maximum absolute atomic E-state index is 13.3. The molecule has 2 unspecified atom stereocenters. The molecule has 0 aliphatic carbocycles. The van der Waals surface area contributed by atoms with Crippen LogP contribution in [0.1, 0.15) is 0 Å². The monoisotopic (exact) mass is 1140 g/mol. The van der Waals surface area contributed by atoms with E-state index in [0.717, 1.165) is 66.7 Å². The number of aromatic hydroxyl groups is 1. The van der Waals surface area contributed by atoms with Crippen LogP contribution in [0.5, 0.6) is 17.2 Å². The van der Waals surface area contributed by atoms with E-state index in [9.17, 15) is 90.7 Å². The third-order valence-electron chi connectivity index (χ3n) is 10.1. The quantitative estimate of drug-likeness (QED) is 0.0299. The van der Waals surface area contributed by atoms with Gasteiger partial charge < -0.3 is 34.5 Å². The number of amides is 1. The molecule has 1 amide bonds. The van der Waals surface area contributed by atoms with Crippen LogP contribution in [0.3, 0.4) is 0 Å². The van der Waals surface area contributed by atoms with Crippen LogP contribution in [0.4, 0.5) is 34.1 Å². The average molecular weight is 1140 g/mol. The van der Waals surface area contributed by atoms with E-state index in [4.69, 9.17) is 9.47 Å². The minimum absolute atomic E-state index is 0.109. The molecule has 0 spiro atoms. The van der Waals surface area contributed by atoms with Crippen molar-refractivity contribution < 1.29 is 100 Å². The number of hydrogen-bond donors (Lipinski definition) is 9. The number of aliphatic carboxylic acids is 1. The van der Waals surface area contributed by atoms with Crippen molar-refractivity contribution in [2.75, 3.05) is 31.4 Å². The summed E-state index contributed by atoms with van der Waals surface area (Å²) in [4.78, 5) is 21.2. The Hall–Kier alpha value is -7.68. The molecule has 394 valence electrons. The average Bonchev–Trinajstić information content (AvgIpc) is 3.67. The minimum atomic E-state index is -5.31. The van der Waals surface area contributed by atoms with Gasteiger partial charge in [0.2, 0.25) is 6.04 Å². The highest BCUT2D eigenvalue weighted by Gasteiger charge is 2.41. The number of carbonyl (C=O) groups excluding carboxylic acids is 1. The SMILES string of the molecule is O=C(O)C1=NN(c2ccc(S(=O)(=O)O)cc2)C(=O)C1N=Nc1ccc2c(O)c(N=Nc3cc(OCCO)c(N=Nc4cc5c(S(=O)O)cc(S(=O)(=O)O)cc5cc4S(=O)(=O)O)cc3OCCO)c(S(=O)(=O)O)cc2c1. The number of hydrogen-bond acceptors (Lipinski definition) is 23. The predicted molar refractivity (Wildman–Crippen MR) is 255 cm³/mol. The van der Waals surface area contributed by atoms with Gasteiger partial charge in [0.05, 0.1) is 39.3 Å². The number of phenols is 1. The fraction of sp³-hybridized carbons (Fsp3) is 0.125. The van der Waals surface area contributed by atoms with Crippen LogP contribution in [-0.4, -0.2) is 131 Å². The van der Waals surface area contributed by atoms with Crippen LogP contribution in [0, 0.1) is 0 Å². The van der Waals surface area contributed by atoms with Crippen molar-refractivity contribution in [3.05, 3.63) is 84.9 Å². The molecule has 0 radical (unpaired) electrons. The number of phenolic OH excluding ortho intramolecular Hbond substituents is 1. The molecule has 35 heteroatoms. The van der Waals surface area contributed by atoms with Gasteiger partial charge in [0.1, 0.15) is 57.3 Å². The van der Waals surface area contributed by atoms with Crippen molar-refractivity contribution in [3.8, 4) is 17.2 Å². The van der Waals surface area contributed by atoms with Crippen LogP contribution < -0.4 is 14.5 Å². The Bertz CT molecular complexity index is 3990. The fourth-order valence-electron chi connectivity index (χ4n) is 6.82. The zero-order valence-corrected chi connectivity index (χ0v) is 41.0. The number of aliphatic hydroxyl groups is 2. The molecule has 30 nitrogen and oxygen atoms in total. The summed E-state index contributed by atoms with van der Waals surface area (Å²) in [5.41, 5.74) is -3.44. The van der Waals surface area contributed by atoms with Crippen molar-refractivity contribution in [2.24, 2.45) is 35.8 Å². The van der Waals surface area contributed by atoms with Gasteiger partial charge in [0.15, 0.2) is 22.5 Å². The van der Waals surface area contributed by atoms with E-state index >= 15 is 0 Å². The number of carbonyl (C=O) groups is 2. The van der Waals surface area contributed by atoms with Crippen molar-refractivity contribution >= 4 is 125 Å². The van der Waals surface area contributed by atoms with Crippen molar-refractivity contribution in [1.82, 2.24) is 0 Å². The number of rotatable bonds is 19. The number of ether oxygens (including phenoxy) is 2. The topological polar surface area (TPSA) is 478 Å². The van der Waals surface area contributed by atoms with Gasteiger partial charge in [-0.25, -0.2) is 9.00 Å². The van der Waals surface area contributed by atoms with Crippen LogP contribution in [-0.2, 0) is 61.1 Å². The summed E-state index contributed by atoms with van der Waals surface area (Å²) in [6.07, 6.45) is 0. The number of aliphatic hydroxyl groups excluding tert-OH is 2. The summed E-state index contributed by atoms with van der Waals surface area (Å²) >= 11 is -2.96. The molecule has 1 aliphatic heterocycles. The summed E-state index contributed by atoms with van der Waals surface area (Å²) in [5.74, 6) is -4.37. The summed E-state index contributed by atoms with van der Waals surface area (Å²) in [6, 6.07) is 11.3. The number of fused-ring (bicyclic) bond motifs is 2. The number of benzene rings is 6. The second-order valence-corrected chi connectivity index (χ2v) is 21.5. The second kappa shape index (κ2) is 21.3. The second-order valence-electron chi connectivity index (χ2n) is 15.0. The molecule has 7 rings (SSSR count). The summed E-state index contributed by atoms with van der Waals surface area (Å²) in [6.45, 7) is -2.19. The lowest BCUT2D eigenvalue weighted by molar-refractivity contribution is -0.130. The van der Waals surface area contributed by atoms with Gasteiger partial charge >= 0.3 is 5.97 Å². The first-order valence-corrected chi connectivity index (χ1v) is 27.0. The van der Waals surface area contributed by atoms with Gasteiger partial charge in [0.25, 0.3) is 46.4 Å². The molecule has 0 fully saturated rings. The van der Waals surface area contributed by atoms with Crippen LogP contribution in [0.25, 0.3) is 21.5 Å². The Morgan fingerprint density at radius 1 is 0.640 bits per heavy atom. The molecule has 2 atom stereocenters. The first kappa shape index (κ1) is 55.1. The van der Waals surface area contributed by atoms with Crippen molar-refractivity contribution in [3.63, 3.8) is 0 Å². The number of carboxylic acids is 1. The van der Waals surface area contributed by atoms with Gasteiger partial charge in [-0.15, -0.1) is 20.5 Å². The molecule has 1 heterocycles. The molecule has 1 aliphatic rings. The molecule has 6 aromatic carbocycles. The maximum atomic E-state index is 13.3. The zero-order chi connectivity index (χ0) is 54.9. The highest BCUT2D eigenvalue weighted by atomic mass is 32.2. The number of carboxylic acid groups (broad SMARTS) is 1. The number of anilines is 1. The Kier molecular flexibility index (Phi) is 15.6. The highest BCUT2D eigenvalue weighted by molar-refractivity contribution is 7.86. The normalized spacial score (nSPS) is 15.2. The van der Waals surface area contributed by atoms with E-state index in [1.54, 1.807) is 0 Å². The Morgan fingerprint density at radius 3 is 1.72 bits per heavy atom. The molecule has 0 saturated heterocycles. The summed E-state index contributed by atoms with van der Waals surface area (Å²) < 4.78 is 170. The standard InChI is InChI=1S/C40H32N8O22S5/c49-7-9-69-30-18-28(31(70-10-8-50)17-27(30)42-44-29-16-26-20(13-33(29)74(63,64)65)12-24(73(60,61)62)15-32(26)71(55)56)43-45-35-34(75(66,67)68)14-19-11-21(1-6-25(19)38(35)51)41-46-36-37(40(53)54)47-48(39(36)52)22-2-4-23(5-3-22)72(57,58)59/h1-6,11-18,36,49-51H,7-10H2,(H,53,54)(H,55,56)(H,57,58,59)(H,60,61,62)(H,63,64,65)(H,66,67,68). The largest absolute Gasteiger partial charge is 0.505 e. The summed E-state index contributed by atoms with van der Waals surface area (Å²) in [5, 5.41) is 67.1. The molecule has 9 N–H and O–H groups in total. The lowest BCUT2D eigenvalue weighted by atomic mass is 10.1. The van der Waals surface area contributed by atoms with E-state index in [0.29, 0.717) is 17.1 Å². The number of azo groups is 3. The third kappa shape index (κ3) is 12.1. The first-order valence-electron chi connectivity index (χ1n) is 20.2. The van der Waals surface area contributed by atoms with Gasteiger partial charge in [-0.05, 0) is 83.6 Å². The molecular weight excluding hydrogens is 1100 g/mol. The highest BCUT2D eigenvalue weighted by Crippen LogP contribution is 2.46. The fourth-order valence-corrected chi connectivity index (χ4v) is 9.80. The van der Waals surface area contributed by atoms with Crippen LogP contribution in [0.15, 0.2) is 145 Å². The first-order chi connectivity index (χ1) is 35.1. The van der Waals surface area contributed by atoms with E-state index < -0.39 is 143 Å². The Balaban J connectivity index is 1.27. The van der Waals surface area contributed by atoms with Gasteiger partial charge in [-0.1, -0.05) is 0 Å². The minimum Gasteiger partial charge on any atom is -0.505 e. The van der Waals surface area contributed by atoms with E-state index in [1.165, 1.54) is 6.07 Å². The van der Waals surface area contributed by atoms with Gasteiger partial charge in [-0.2, -0.15) is 54.0 Å². The van der Waals surface area contributed by atoms with E-state index in [1.807, 2.05) is 0 Å². The Labute approximate surface area is 422 Å². The molecule has 75 heavy (non-hydrogen) atoms. The van der Waals surface area contributed by atoms with E-state index in [-0.39, 0.29) is 55.8 Å². The number of hydrazone groups is 1. The molecule has 6 aromatic rings. The third-order valence-corrected chi connectivity index (χ3v) is 14.3. The predicted octanol–water partition coefficient (Wildman–Crippen LogP) is 4.78. The lowest BCUT2D eigenvalue weighted by Crippen LogP contribution is -2.33. The smallest absolute Gasteiger partial charge is 0.355 e. The Morgan fingerprint density at radius 2 is 1.19 bits per heavy atom. The van der Waals surface area contributed by atoms with Gasteiger partial charge in [-0.3, -0.25) is 23.0 Å². The summed E-state index contributed by atoms with van der Waals surface area (Å²) in [7, 11) is -20.2.